The molecule has 0 aromatic carbocycles. The van der Waals surface area contributed by atoms with Gasteiger partial charge in [0, 0.05) is 23.5 Å². The maximum absolute atomic E-state index is 13.1. The van der Waals surface area contributed by atoms with Crippen LogP contribution in [-0.2, 0) is 24.7 Å². The van der Waals surface area contributed by atoms with Crippen molar-refractivity contribution in [3.8, 4) is 11.3 Å². The van der Waals surface area contributed by atoms with Crippen molar-refractivity contribution < 1.29 is 38.1 Å². The first kappa shape index (κ1) is 32.9. The van der Waals surface area contributed by atoms with Crippen molar-refractivity contribution in [2.45, 2.75) is 71.5 Å². The van der Waals surface area contributed by atoms with E-state index in [1.54, 1.807) is 39.1 Å². The molecule has 2 atom stereocenters. The van der Waals surface area contributed by atoms with Crippen LogP contribution in [0.3, 0.4) is 0 Å². The van der Waals surface area contributed by atoms with Gasteiger partial charge in [0.2, 0.25) is 6.79 Å². The number of carbonyl (C=O) groups excluding carboxylic acids is 2. The van der Waals surface area contributed by atoms with Crippen LogP contribution in [0.15, 0.2) is 48.8 Å². The molecule has 0 spiro atoms. The number of nitrogens with zero attached hydrogens (tertiary/aromatic N) is 3. The number of hydrogen-bond donors (Lipinski definition) is 3. The predicted molar refractivity (Wildman–Crippen MR) is 158 cm³/mol. The molecule has 3 heterocycles. The molecule has 0 radical (unpaired) electrons. The van der Waals surface area contributed by atoms with E-state index in [0.29, 0.717) is 48.5 Å². The summed E-state index contributed by atoms with van der Waals surface area (Å²) in [6.07, 6.45) is 1.19. The zero-order valence-corrected chi connectivity index (χ0v) is 25.2. The molecule has 44 heavy (non-hydrogen) atoms. The smallest absolute Gasteiger partial charge is 0.338 e. The van der Waals surface area contributed by atoms with E-state index in [0.717, 1.165) is 5.56 Å². The van der Waals surface area contributed by atoms with Crippen LogP contribution >= 0.6 is 0 Å². The quantitative estimate of drug-likeness (QED) is 0.185. The molecule has 236 valence electrons. The number of anilines is 2. The molecule has 3 aromatic rings. The second-order valence-electron chi connectivity index (χ2n) is 11.7. The van der Waals surface area contributed by atoms with Gasteiger partial charge in [-0.15, -0.1) is 0 Å². The number of hydrogen-bond acceptors (Lipinski definition) is 10. The Kier molecular flexibility index (Phi) is 10.6. The van der Waals surface area contributed by atoms with Crippen molar-refractivity contribution in [2.75, 3.05) is 12.1 Å². The molecule has 0 saturated heterocycles. The van der Waals surface area contributed by atoms with Crippen molar-refractivity contribution in [3.63, 3.8) is 0 Å². The summed E-state index contributed by atoms with van der Waals surface area (Å²) in [7, 11) is 0. The van der Waals surface area contributed by atoms with Crippen LogP contribution in [0, 0.1) is 24.7 Å². The Morgan fingerprint density at radius 2 is 1.77 bits per heavy atom. The number of aryl methyl sites for hydroxylation is 1. The zero-order chi connectivity index (χ0) is 32.0. The lowest BCUT2D eigenvalue weighted by atomic mass is 9.73. The number of alkyl halides is 2. The largest absolute Gasteiger partial charge is 0.428 e. The maximum atomic E-state index is 13.1. The SMILES string of the molecule is Cc1cc(Nc2cc(C(F)F)ccn2)nc(-c2ccc([C@](C)(O)[C@H]3CC[C@H](C(=O)OCOC(=O)[C@@H](O)C(C)C)CC3)nc2)c1. The summed E-state index contributed by atoms with van der Waals surface area (Å²) in [5.41, 5.74) is 1.31. The monoisotopic (exact) mass is 612 g/mol. The number of nitrogens with one attached hydrogen (secondary N) is 1. The minimum Gasteiger partial charge on any atom is -0.428 e. The molecule has 0 aliphatic heterocycles. The van der Waals surface area contributed by atoms with Gasteiger partial charge in [0.1, 0.15) is 17.2 Å². The second kappa shape index (κ2) is 14.2. The minimum atomic E-state index is -2.61. The van der Waals surface area contributed by atoms with Gasteiger partial charge in [-0.25, -0.2) is 23.5 Å². The van der Waals surface area contributed by atoms with Crippen LogP contribution in [0.25, 0.3) is 11.3 Å². The van der Waals surface area contributed by atoms with E-state index in [-0.39, 0.29) is 29.1 Å². The molecule has 0 unspecified atom stereocenters. The van der Waals surface area contributed by atoms with Gasteiger partial charge in [0.25, 0.3) is 6.43 Å². The van der Waals surface area contributed by atoms with Gasteiger partial charge in [-0.3, -0.25) is 9.78 Å². The van der Waals surface area contributed by atoms with Gasteiger partial charge in [0.05, 0.1) is 17.3 Å². The normalized spacial score (nSPS) is 18.9. The number of aromatic nitrogens is 3. The molecule has 4 rings (SSSR count). The Morgan fingerprint density at radius 3 is 2.41 bits per heavy atom. The molecule has 3 aromatic heterocycles. The maximum Gasteiger partial charge on any atom is 0.338 e. The summed E-state index contributed by atoms with van der Waals surface area (Å²) in [6.45, 7) is 6.40. The van der Waals surface area contributed by atoms with E-state index in [4.69, 9.17) is 9.47 Å². The van der Waals surface area contributed by atoms with Crippen LogP contribution in [0.1, 0.15) is 69.7 Å². The average molecular weight is 613 g/mol. The zero-order valence-electron chi connectivity index (χ0n) is 25.2. The lowest BCUT2D eigenvalue weighted by molar-refractivity contribution is -0.178. The van der Waals surface area contributed by atoms with Crippen molar-refractivity contribution in [3.05, 3.63) is 65.6 Å². The van der Waals surface area contributed by atoms with Crippen LogP contribution < -0.4 is 5.32 Å². The standard InChI is InChI=1S/C32H38F2N4O6/c1-18(2)28(39)31(41)44-17-43-30(40)20-5-8-23(9-6-20)32(4,42)25-10-7-22(16-36-25)24-13-19(3)14-27(37-24)38-26-15-21(29(33)34)11-12-35-26/h7,10-16,18,20,23,28-29,39,42H,5-6,8-9,17H2,1-4H3,(H,35,37,38)/t20-,23-,28-,32+/m0/s1. The van der Waals surface area contributed by atoms with Crippen LogP contribution in [0.5, 0.6) is 0 Å². The highest BCUT2D eigenvalue weighted by molar-refractivity contribution is 5.75. The minimum absolute atomic E-state index is 0.142. The second-order valence-corrected chi connectivity index (χ2v) is 11.7. The van der Waals surface area contributed by atoms with Crippen molar-refractivity contribution in [1.82, 2.24) is 15.0 Å². The number of aliphatic hydroxyl groups excluding tert-OH is 1. The Labute approximate surface area is 254 Å². The number of pyridine rings is 3. The number of rotatable bonds is 11. The fourth-order valence-electron chi connectivity index (χ4n) is 5.23. The van der Waals surface area contributed by atoms with E-state index in [9.17, 15) is 28.6 Å². The molecule has 1 aliphatic rings. The Balaban J connectivity index is 1.35. The third kappa shape index (κ3) is 8.11. The van der Waals surface area contributed by atoms with Gasteiger partial charge in [-0.1, -0.05) is 13.8 Å². The van der Waals surface area contributed by atoms with Crippen LogP contribution in [-0.4, -0.2) is 50.0 Å². The first-order chi connectivity index (χ1) is 20.8. The molecule has 0 bridgehead atoms. The van der Waals surface area contributed by atoms with Gasteiger partial charge < -0.3 is 25.0 Å². The third-order valence-electron chi connectivity index (χ3n) is 7.97. The van der Waals surface area contributed by atoms with E-state index in [2.05, 4.69) is 20.3 Å². The summed E-state index contributed by atoms with van der Waals surface area (Å²) in [4.78, 5) is 37.5. The molecule has 0 amide bonds. The molecular formula is C32H38F2N4O6. The van der Waals surface area contributed by atoms with E-state index < -0.39 is 36.9 Å². The highest BCUT2D eigenvalue weighted by Crippen LogP contribution is 2.41. The summed E-state index contributed by atoms with van der Waals surface area (Å²) >= 11 is 0. The van der Waals surface area contributed by atoms with E-state index in [1.807, 2.05) is 19.1 Å². The predicted octanol–water partition coefficient (Wildman–Crippen LogP) is 5.60. The fraction of sp³-hybridized carbons (Fsp3) is 0.469. The van der Waals surface area contributed by atoms with Crippen molar-refractivity contribution >= 4 is 23.6 Å². The van der Waals surface area contributed by atoms with Crippen molar-refractivity contribution in [1.29, 1.82) is 0 Å². The fourth-order valence-corrected chi connectivity index (χ4v) is 5.23. The molecular weight excluding hydrogens is 574 g/mol. The van der Waals surface area contributed by atoms with Gasteiger partial charge in [-0.2, -0.15) is 0 Å². The van der Waals surface area contributed by atoms with Gasteiger partial charge in [-0.05, 0) is 93.3 Å². The topological polar surface area (TPSA) is 144 Å². The van der Waals surface area contributed by atoms with Gasteiger partial charge >= 0.3 is 11.9 Å². The Morgan fingerprint density at radius 1 is 1.05 bits per heavy atom. The number of aliphatic hydroxyl groups is 2. The summed E-state index contributed by atoms with van der Waals surface area (Å²) in [6, 6.07) is 9.76. The number of carbonyl (C=O) groups is 2. The molecule has 12 heteroatoms. The number of halogens is 2. The highest BCUT2D eigenvalue weighted by Gasteiger charge is 2.39. The number of esters is 2. The summed E-state index contributed by atoms with van der Waals surface area (Å²) in [5.74, 6) is -1.46. The average Bonchev–Trinajstić information content (AvgIpc) is 3.00. The van der Waals surface area contributed by atoms with Gasteiger partial charge in [0.15, 0.2) is 6.10 Å². The molecule has 10 nitrogen and oxygen atoms in total. The first-order valence-electron chi connectivity index (χ1n) is 14.6. The molecule has 1 fully saturated rings. The third-order valence-corrected chi connectivity index (χ3v) is 7.97. The highest BCUT2D eigenvalue weighted by atomic mass is 19.3. The molecule has 3 N–H and O–H groups in total. The lowest BCUT2D eigenvalue weighted by Gasteiger charge is -2.37. The van der Waals surface area contributed by atoms with Crippen LogP contribution in [0.4, 0.5) is 20.4 Å². The van der Waals surface area contributed by atoms with E-state index >= 15 is 0 Å². The summed E-state index contributed by atoms with van der Waals surface area (Å²) < 4.78 is 36.1. The Bertz CT molecular complexity index is 1440. The number of ether oxygens (including phenoxy) is 2. The van der Waals surface area contributed by atoms with Crippen molar-refractivity contribution in [2.24, 2.45) is 17.8 Å². The first-order valence-corrected chi connectivity index (χ1v) is 14.6. The lowest BCUT2D eigenvalue weighted by Crippen LogP contribution is -2.37. The Hall–Kier alpha value is -4.03. The molecule has 1 saturated carbocycles. The van der Waals surface area contributed by atoms with E-state index in [1.165, 1.54) is 18.3 Å². The summed E-state index contributed by atoms with van der Waals surface area (Å²) in [5, 5.41) is 24.2. The molecule has 1 aliphatic carbocycles. The van der Waals surface area contributed by atoms with Crippen LogP contribution in [0.2, 0.25) is 0 Å².